The highest BCUT2D eigenvalue weighted by Crippen LogP contribution is 2.30. The number of aliphatic carboxylic acids is 1. The SMILES string of the molecule is COc1ccc(OC)c(-n2cnnc2SCC(=O)O)c1. The molecule has 1 aromatic heterocycles. The average Bonchev–Trinajstić information content (AvgIpc) is 2.92. The Balaban J connectivity index is 2.40. The van der Waals surface area contributed by atoms with Gasteiger partial charge in [0.1, 0.15) is 17.8 Å². The van der Waals surface area contributed by atoms with Crippen molar-refractivity contribution in [3.63, 3.8) is 0 Å². The van der Waals surface area contributed by atoms with Crippen molar-refractivity contribution in [1.82, 2.24) is 14.8 Å². The number of nitrogens with zero attached hydrogens (tertiary/aromatic N) is 3. The first kappa shape index (κ1) is 14.2. The van der Waals surface area contributed by atoms with E-state index in [2.05, 4.69) is 10.2 Å². The minimum Gasteiger partial charge on any atom is -0.497 e. The molecule has 0 spiro atoms. The molecule has 0 atom stereocenters. The van der Waals surface area contributed by atoms with Crippen LogP contribution < -0.4 is 9.47 Å². The molecule has 0 unspecified atom stereocenters. The molecule has 8 heteroatoms. The maximum Gasteiger partial charge on any atom is 0.313 e. The van der Waals surface area contributed by atoms with Gasteiger partial charge in [0.15, 0.2) is 5.16 Å². The molecule has 20 heavy (non-hydrogen) atoms. The molecule has 0 radical (unpaired) electrons. The minimum absolute atomic E-state index is 0.0923. The first-order chi connectivity index (χ1) is 9.65. The van der Waals surface area contributed by atoms with E-state index in [1.807, 2.05) is 0 Å². The number of benzene rings is 1. The molecule has 1 heterocycles. The van der Waals surface area contributed by atoms with Crippen LogP contribution in [0.5, 0.6) is 11.5 Å². The zero-order chi connectivity index (χ0) is 14.5. The van der Waals surface area contributed by atoms with Crippen LogP contribution in [0.15, 0.2) is 29.7 Å². The molecule has 0 saturated carbocycles. The number of hydrogen-bond donors (Lipinski definition) is 1. The molecule has 0 fully saturated rings. The second-order valence-electron chi connectivity index (χ2n) is 3.70. The largest absolute Gasteiger partial charge is 0.497 e. The Labute approximate surface area is 119 Å². The number of carboxylic acid groups (broad SMARTS) is 1. The Kier molecular flexibility index (Phi) is 4.46. The summed E-state index contributed by atoms with van der Waals surface area (Å²) in [4.78, 5) is 10.6. The summed E-state index contributed by atoms with van der Waals surface area (Å²) < 4.78 is 12.1. The van der Waals surface area contributed by atoms with Gasteiger partial charge in [0, 0.05) is 6.07 Å². The van der Waals surface area contributed by atoms with E-state index >= 15 is 0 Å². The summed E-state index contributed by atoms with van der Waals surface area (Å²) in [6, 6.07) is 5.31. The normalized spacial score (nSPS) is 10.3. The zero-order valence-corrected chi connectivity index (χ0v) is 11.8. The van der Waals surface area contributed by atoms with E-state index in [9.17, 15) is 4.79 Å². The molecule has 0 saturated heterocycles. The summed E-state index contributed by atoms with van der Waals surface area (Å²) in [5, 5.41) is 16.9. The van der Waals surface area contributed by atoms with Gasteiger partial charge >= 0.3 is 5.97 Å². The average molecular weight is 295 g/mol. The number of methoxy groups -OCH3 is 2. The topological polar surface area (TPSA) is 86.5 Å². The highest BCUT2D eigenvalue weighted by molar-refractivity contribution is 7.99. The number of carbonyl (C=O) groups is 1. The van der Waals surface area contributed by atoms with Crippen molar-refractivity contribution >= 4 is 17.7 Å². The van der Waals surface area contributed by atoms with Crippen molar-refractivity contribution in [2.45, 2.75) is 5.16 Å². The Hall–Kier alpha value is -2.22. The number of rotatable bonds is 6. The van der Waals surface area contributed by atoms with Crippen molar-refractivity contribution in [3.05, 3.63) is 24.5 Å². The van der Waals surface area contributed by atoms with Gasteiger partial charge in [0.2, 0.25) is 0 Å². The quantitative estimate of drug-likeness (QED) is 0.807. The lowest BCUT2D eigenvalue weighted by atomic mass is 10.2. The third-order valence-electron chi connectivity index (χ3n) is 2.49. The molecular formula is C12H13N3O4S. The van der Waals surface area contributed by atoms with E-state index in [1.165, 1.54) is 6.33 Å². The fraction of sp³-hybridized carbons (Fsp3) is 0.250. The highest BCUT2D eigenvalue weighted by atomic mass is 32.2. The molecule has 1 aromatic carbocycles. The highest BCUT2D eigenvalue weighted by Gasteiger charge is 2.14. The second-order valence-corrected chi connectivity index (χ2v) is 4.65. The molecule has 2 aromatic rings. The van der Waals surface area contributed by atoms with Crippen molar-refractivity contribution in [3.8, 4) is 17.2 Å². The van der Waals surface area contributed by atoms with Gasteiger partial charge in [0.05, 0.1) is 25.7 Å². The summed E-state index contributed by atoms with van der Waals surface area (Å²) >= 11 is 1.08. The van der Waals surface area contributed by atoms with Gasteiger partial charge in [-0.3, -0.25) is 9.36 Å². The smallest absolute Gasteiger partial charge is 0.313 e. The number of ether oxygens (including phenoxy) is 2. The lowest BCUT2D eigenvalue weighted by Gasteiger charge is -2.12. The summed E-state index contributed by atoms with van der Waals surface area (Å²) in [6.07, 6.45) is 1.50. The van der Waals surface area contributed by atoms with E-state index in [0.717, 1.165) is 11.8 Å². The predicted molar refractivity (Wildman–Crippen MR) is 72.8 cm³/mol. The Bertz CT molecular complexity index is 614. The zero-order valence-electron chi connectivity index (χ0n) is 10.9. The van der Waals surface area contributed by atoms with E-state index in [-0.39, 0.29) is 5.75 Å². The molecule has 0 aliphatic heterocycles. The lowest BCUT2D eigenvalue weighted by molar-refractivity contribution is -0.133. The van der Waals surface area contributed by atoms with Crippen molar-refractivity contribution in [1.29, 1.82) is 0 Å². The Morgan fingerprint density at radius 1 is 1.40 bits per heavy atom. The van der Waals surface area contributed by atoms with Crippen LogP contribution >= 0.6 is 11.8 Å². The number of hydrogen-bond acceptors (Lipinski definition) is 6. The van der Waals surface area contributed by atoms with Crippen LogP contribution in [0, 0.1) is 0 Å². The molecule has 0 bridgehead atoms. The predicted octanol–water partition coefficient (Wildman–Crippen LogP) is 1.46. The van der Waals surface area contributed by atoms with Crippen molar-refractivity contribution < 1.29 is 19.4 Å². The second kappa shape index (κ2) is 6.29. The van der Waals surface area contributed by atoms with Gasteiger partial charge in [-0.1, -0.05) is 11.8 Å². The van der Waals surface area contributed by atoms with Gasteiger partial charge < -0.3 is 14.6 Å². The first-order valence-corrected chi connectivity index (χ1v) is 6.61. The molecule has 0 aliphatic rings. The molecule has 106 valence electrons. The van der Waals surface area contributed by atoms with Crippen LogP contribution in [0.3, 0.4) is 0 Å². The van der Waals surface area contributed by atoms with Crippen LogP contribution in [0.4, 0.5) is 0 Å². The summed E-state index contributed by atoms with van der Waals surface area (Å²) in [5.74, 6) is 0.263. The number of carboxylic acids is 1. The Morgan fingerprint density at radius 3 is 2.85 bits per heavy atom. The van der Waals surface area contributed by atoms with E-state index in [0.29, 0.717) is 22.3 Å². The number of aromatic nitrogens is 3. The van der Waals surface area contributed by atoms with Crippen LogP contribution in [0.1, 0.15) is 0 Å². The van der Waals surface area contributed by atoms with Gasteiger partial charge in [-0.25, -0.2) is 0 Å². The molecule has 1 N–H and O–H groups in total. The lowest BCUT2D eigenvalue weighted by Crippen LogP contribution is -2.03. The van der Waals surface area contributed by atoms with Crippen LogP contribution in [-0.2, 0) is 4.79 Å². The van der Waals surface area contributed by atoms with E-state index < -0.39 is 5.97 Å². The minimum atomic E-state index is -0.915. The van der Waals surface area contributed by atoms with Gasteiger partial charge in [-0.15, -0.1) is 10.2 Å². The number of thioether (sulfide) groups is 1. The monoisotopic (exact) mass is 295 g/mol. The fourth-order valence-electron chi connectivity index (χ4n) is 1.60. The van der Waals surface area contributed by atoms with Gasteiger partial charge in [-0.05, 0) is 12.1 Å². The molecule has 2 rings (SSSR count). The summed E-state index contributed by atoms with van der Waals surface area (Å²) in [6.45, 7) is 0. The fourth-order valence-corrected chi connectivity index (χ4v) is 2.24. The maximum absolute atomic E-state index is 10.6. The summed E-state index contributed by atoms with van der Waals surface area (Å²) in [7, 11) is 3.12. The van der Waals surface area contributed by atoms with Gasteiger partial charge in [-0.2, -0.15) is 0 Å². The van der Waals surface area contributed by atoms with E-state index in [1.54, 1.807) is 37.0 Å². The third-order valence-corrected chi connectivity index (χ3v) is 3.41. The van der Waals surface area contributed by atoms with Crippen molar-refractivity contribution in [2.75, 3.05) is 20.0 Å². The Morgan fingerprint density at radius 2 is 2.20 bits per heavy atom. The van der Waals surface area contributed by atoms with E-state index in [4.69, 9.17) is 14.6 Å². The molecule has 7 nitrogen and oxygen atoms in total. The van der Waals surface area contributed by atoms with Crippen molar-refractivity contribution in [2.24, 2.45) is 0 Å². The molecule has 0 amide bonds. The molecule has 0 aliphatic carbocycles. The first-order valence-electron chi connectivity index (χ1n) is 5.62. The van der Waals surface area contributed by atoms with Gasteiger partial charge in [0.25, 0.3) is 0 Å². The van der Waals surface area contributed by atoms with Crippen LogP contribution in [0.2, 0.25) is 0 Å². The van der Waals surface area contributed by atoms with Crippen LogP contribution in [-0.4, -0.2) is 45.8 Å². The molecular weight excluding hydrogens is 282 g/mol. The maximum atomic E-state index is 10.6. The van der Waals surface area contributed by atoms with Crippen LogP contribution in [0.25, 0.3) is 5.69 Å². The summed E-state index contributed by atoms with van der Waals surface area (Å²) in [5.41, 5.74) is 0.685. The third kappa shape index (κ3) is 3.02. The standard InChI is InChI=1S/C12H13N3O4S/c1-18-8-3-4-10(19-2)9(5-8)15-7-13-14-12(15)20-6-11(16)17/h3-5,7H,6H2,1-2H3,(H,16,17).